The Bertz CT molecular complexity index is 899. The molecular formula is C21H23N3O4S. The number of carbonyl (C=O) groups is 1. The summed E-state index contributed by atoms with van der Waals surface area (Å²) in [4.78, 5) is 16.7. The van der Waals surface area contributed by atoms with Gasteiger partial charge in [0, 0.05) is 37.9 Å². The first-order valence-corrected chi connectivity index (χ1v) is 9.92. The highest BCUT2D eigenvalue weighted by Gasteiger charge is 2.33. The van der Waals surface area contributed by atoms with E-state index >= 15 is 0 Å². The molecule has 0 aliphatic carbocycles. The number of nitrogens with one attached hydrogen (secondary N) is 1. The summed E-state index contributed by atoms with van der Waals surface area (Å²) in [6, 6.07) is 15.0. The number of rotatable bonds is 3. The summed E-state index contributed by atoms with van der Waals surface area (Å²) in [6.45, 7) is 2.71. The van der Waals surface area contributed by atoms with Crippen LogP contribution < -0.4 is 19.5 Å². The fraction of sp³-hybridized carbons (Fsp3) is 0.333. The van der Waals surface area contributed by atoms with Crippen LogP contribution in [0.15, 0.2) is 48.5 Å². The molecule has 2 aromatic rings. The summed E-state index contributed by atoms with van der Waals surface area (Å²) in [5, 5.41) is 3.87. The third-order valence-corrected chi connectivity index (χ3v) is 5.34. The molecule has 2 aliphatic heterocycles. The van der Waals surface area contributed by atoms with Gasteiger partial charge in [-0.2, -0.15) is 0 Å². The van der Waals surface area contributed by atoms with Gasteiger partial charge in [-0.3, -0.25) is 4.79 Å². The minimum Gasteiger partial charge on any atom is -0.497 e. The number of piperazine rings is 1. The molecule has 1 saturated heterocycles. The molecule has 1 amide bonds. The van der Waals surface area contributed by atoms with E-state index in [-0.39, 0.29) is 12.5 Å². The lowest BCUT2D eigenvalue weighted by molar-refractivity contribution is -0.142. The number of benzene rings is 2. The molecule has 0 bridgehead atoms. The van der Waals surface area contributed by atoms with Crippen LogP contribution in [-0.4, -0.2) is 66.8 Å². The van der Waals surface area contributed by atoms with E-state index in [0.717, 1.165) is 11.4 Å². The summed E-state index contributed by atoms with van der Waals surface area (Å²) >= 11 is 5.53. The van der Waals surface area contributed by atoms with Gasteiger partial charge in [0.25, 0.3) is 5.91 Å². The number of para-hydroxylation sites is 2. The molecule has 152 valence electrons. The molecule has 1 atom stereocenters. The number of methoxy groups -OCH3 is 1. The number of ether oxygens (including phenoxy) is 3. The molecule has 0 spiro atoms. The van der Waals surface area contributed by atoms with Crippen molar-refractivity contribution in [3.8, 4) is 17.2 Å². The van der Waals surface area contributed by atoms with Crippen molar-refractivity contribution in [3.05, 3.63) is 48.5 Å². The molecule has 1 fully saturated rings. The topological polar surface area (TPSA) is 63.3 Å². The third-order valence-electron chi connectivity index (χ3n) is 4.98. The number of hydrogen-bond donors (Lipinski definition) is 1. The van der Waals surface area contributed by atoms with Crippen LogP contribution in [-0.2, 0) is 4.79 Å². The van der Waals surface area contributed by atoms with E-state index in [9.17, 15) is 4.79 Å². The molecule has 4 rings (SSSR count). The van der Waals surface area contributed by atoms with Crippen molar-refractivity contribution >= 4 is 28.9 Å². The molecule has 29 heavy (non-hydrogen) atoms. The zero-order valence-electron chi connectivity index (χ0n) is 16.2. The lowest BCUT2D eigenvalue weighted by Crippen LogP contribution is -2.55. The van der Waals surface area contributed by atoms with Gasteiger partial charge in [-0.1, -0.05) is 18.2 Å². The zero-order chi connectivity index (χ0) is 20.2. The normalized spacial score (nSPS) is 18.2. The van der Waals surface area contributed by atoms with Crippen molar-refractivity contribution in [1.29, 1.82) is 0 Å². The van der Waals surface area contributed by atoms with Crippen LogP contribution in [0.3, 0.4) is 0 Å². The molecule has 2 aliphatic rings. The Morgan fingerprint density at radius 3 is 2.55 bits per heavy atom. The van der Waals surface area contributed by atoms with Gasteiger partial charge in [0.15, 0.2) is 16.6 Å². The number of hydrogen-bond acceptors (Lipinski definition) is 5. The van der Waals surface area contributed by atoms with Gasteiger partial charge < -0.3 is 29.3 Å². The van der Waals surface area contributed by atoms with Crippen LogP contribution >= 0.6 is 12.2 Å². The minimum atomic E-state index is -0.613. The van der Waals surface area contributed by atoms with Crippen LogP contribution in [0.4, 0.5) is 5.69 Å². The highest BCUT2D eigenvalue weighted by atomic mass is 32.1. The molecule has 8 heteroatoms. The number of carbonyl (C=O) groups excluding carboxylic acids is 1. The van der Waals surface area contributed by atoms with Crippen LogP contribution in [0.2, 0.25) is 0 Å². The summed E-state index contributed by atoms with van der Waals surface area (Å²) < 4.78 is 16.7. The van der Waals surface area contributed by atoms with E-state index in [4.69, 9.17) is 26.4 Å². The molecular weight excluding hydrogens is 390 g/mol. The van der Waals surface area contributed by atoms with Gasteiger partial charge in [-0.05, 0) is 36.5 Å². The summed E-state index contributed by atoms with van der Waals surface area (Å²) in [6.07, 6.45) is -0.613. The molecule has 0 radical (unpaired) electrons. The van der Waals surface area contributed by atoms with E-state index in [1.807, 2.05) is 53.4 Å². The van der Waals surface area contributed by atoms with Gasteiger partial charge in [0.2, 0.25) is 6.10 Å². The van der Waals surface area contributed by atoms with Gasteiger partial charge in [-0.25, -0.2) is 0 Å². The average Bonchev–Trinajstić information content (AvgIpc) is 2.78. The van der Waals surface area contributed by atoms with Crippen LogP contribution in [0, 0.1) is 0 Å². The maximum Gasteiger partial charge on any atom is 0.267 e. The number of fused-ring (bicyclic) bond motifs is 1. The average molecular weight is 413 g/mol. The maximum atomic E-state index is 12.8. The lowest BCUT2D eigenvalue weighted by Gasteiger charge is -2.38. The smallest absolute Gasteiger partial charge is 0.267 e. The Balaban J connectivity index is 1.30. The van der Waals surface area contributed by atoms with Gasteiger partial charge >= 0.3 is 0 Å². The van der Waals surface area contributed by atoms with Crippen LogP contribution in [0.25, 0.3) is 0 Å². The molecule has 0 saturated carbocycles. The van der Waals surface area contributed by atoms with Crippen molar-refractivity contribution in [2.24, 2.45) is 0 Å². The van der Waals surface area contributed by atoms with E-state index in [1.54, 1.807) is 7.11 Å². The summed E-state index contributed by atoms with van der Waals surface area (Å²) in [7, 11) is 1.63. The predicted molar refractivity (Wildman–Crippen MR) is 114 cm³/mol. The summed E-state index contributed by atoms with van der Waals surface area (Å²) in [5.41, 5.74) is 0.874. The maximum absolute atomic E-state index is 12.8. The van der Waals surface area contributed by atoms with Gasteiger partial charge in [-0.15, -0.1) is 0 Å². The predicted octanol–water partition coefficient (Wildman–Crippen LogP) is 2.38. The Kier molecular flexibility index (Phi) is 5.71. The standard InChI is InChI=1S/C21H23N3O4S/c1-26-16-6-4-5-15(13-16)22-21(29)24-11-9-23(10-12-24)20(25)19-14-27-17-7-2-3-8-18(17)28-19/h2-8,13,19H,9-12,14H2,1H3,(H,22,29)/t19-/m1/s1. The van der Waals surface area contributed by atoms with E-state index in [1.165, 1.54) is 0 Å². The molecule has 2 heterocycles. The number of thiocarbonyl (C=S) groups is 1. The Hall–Kier alpha value is -3.00. The van der Waals surface area contributed by atoms with Crippen LogP contribution in [0.1, 0.15) is 0 Å². The molecule has 0 aromatic heterocycles. The molecule has 0 unspecified atom stereocenters. The van der Waals surface area contributed by atoms with Crippen LogP contribution in [0.5, 0.6) is 17.2 Å². The fourth-order valence-corrected chi connectivity index (χ4v) is 3.68. The van der Waals surface area contributed by atoms with E-state index < -0.39 is 6.10 Å². The zero-order valence-corrected chi connectivity index (χ0v) is 17.0. The first-order chi connectivity index (χ1) is 14.1. The molecule has 7 nitrogen and oxygen atoms in total. The van der Waals surface area contributed by atoms with Crippen molar-refractivity contribution in [2.45, 2.75) is 6.10 Å². The number of amides is 1. The van der Waals surface area contributed by atoms with Gasteiger partial charge in [0.1, 0.15) is 12.4 Å². The largest absolute Gasteiger partial charge is 0.497 e. The lowest BCUT2D eigenvalue weighted by atomic mass is 10.2. The number of anilines is 1. The molecule has 1 N–H and O–H groups in total. The quantitative estimate of drug-likeness (QED) is 0.775. The second-order valence-electron chi connectivity index (χ2n) is 6.84. The molecule has 2 aromatic carbocycles. The second-order valence-corrected chi connectivity index (χ2v) is 7.23. The second kappa shape index (κ2) is 8.57. The van der Waals surface area contributed by atoms with E-state index in [0.29, 0.717) is 42.8 Å². The fourth-order valence-electron chi connectivity index (χ4n) is 3.38. The SMILES string of the molecule is COc1cccc(NC(=S)N2CCN(C(=O)[C@H]3COc4ccccc4O3)CC2)c1. The van der Waals surface area contributed by atoms with E-state index in [2.05, 4.69) is 10.2 Å². The number of nitrogens with zero attached hydrogens (tertiary/aromatic N) is 2. The van der Waals surface area contributed by atoms with Crippen molar-refractivity contribution in [3.63, 3.8) is 0 Å². The Morgan fingerprint density at radius 2 is 1.79 bits per heavy atom. The Morgan fingerprint density at radius 1 is 1.07 bits per heavy atom. The van der Waals surface area contributed by atoms with Crippen molar-refractivity contribution < 1.29 is 19.0 Å². The first-order valence-electron chi connectivity index (χ1n) is 9.51. The Labute approximate surface area is 175 Å². The first kappa shape index (κ1) is 19.3. The van der Waals surface area contributed by atoms with Gasteiger partial charge in [0.05, 0.1) is 7.11 Å². The third kappa shape index (κ3) is 4.37. The minimum absolute atomic E-state index is 0.0502. The highest BCUT2D eigenvalue weighted by molar-refractivity contribution is 7.80. The van der Waals surface area contributed by atoms with Crippen molar-refractivity contribution in [1.82, 2.24) is 9.80 Å². The monoisotopic (exact) mass is 413 g/mol. The summed E-state index contributed by atoms with van der Waals surface area (Å²) in [5.74, 6) is 2.00. The van der Waals surface area contributed by atoms with Crippen molar-refractivity contribution in [2.75, 3.05) is 45.2 Å². The highest BCUT2D eigenvalue weighted by Crippen LogP contribution is 2.31.